The van der Waals surface area contributed by atoms with Gasteiger partial charge >= 0.3 is 0 Å². The first kappa shape index (κ1) is 18.7. The molecule has 0 radical (unpaired) electrons. The molecule has 136 valence electrons. The molecule has 1 heterocycles. The number of benzene rings is 2. The highest BCUT2D eigenvalue weighted by molar-refractivity contribution is 7.88. The Labute approximate surface area is 156 Å². The van der Waals surface area contributed by atoms with Crippen molar-refractivity contribution in [3.05, 3.63) is 76.5 Å². The van der Waals surface area contributed by atoms with Crippen molar-refractivity contribution in [1.29, 1.82) is 0 Å². The van der Waals surface area contributed by atoms with Crippen LogP contribution in [0.25, 0.3) is 10.6 Å². The Morgan fingerprint density at radius 2 is 1.85 bits per heavy atom. The minimum absolute atomic E-state index is 0.0302. The molecular weight excluding hydrogens is 371 g/mol. The van der Waals surface area contributed by atoms with E-state index in [2.05, 4.69) is 9.71 Å². The molecule has 0 saturated heterocycles. The zero-order valence-electron chi connectivity index (χ0n) is 14.3. The Hall–Kier alpha value is -2.09. The number of rotatable bonds is 7. The Kier molecular flexibility index (Phi) is 5.80. The first-order valence-corrected chi connectivity index (χ1v) is 10.7. The second-order valence-corrected chi connectivity index (χ2v) is 8.65. The Morgan fingerprint density at radius 1 is 1.12 bits per heavy atom. The van der Waals surface area contributed by atoms with Crippen molar-refractivity contribution < 1.29 is 12.8 Å². The van der Waals surface area contributed by atoms with Crippen LogP contribution in [-0.4, -0.2) is 19.9 Å². The molecule has 0 fully saturated rings. The van der Waals surface area contributed by atoms with E-state index in [0.29, 0.717) is 13.0 Å². The summed E-state index contributed by atoms with van der Waals surface area (Å²) < 4.78 is 40.1. The molecule has 1 N–H and O–H groups in total. The van der Waals surface area contributed by atoms with Crippen molar-refractivity contribution in [2.75, 3.05) is 6.54 Å². The molecule has 0 bridgehead atoms. The van der Waals surface area contributed by atoms with Gasteiger partial charge in [0.2, 0.25) is 10.0 Å². The van der Waals surface area contributed by atoms with Gasteiger partial charge in [0.05, 0.1) is 11.4 Å². The van der Waals surface area contributed by atoms with E-state index < -0.39 is 10.0 Å². The van der Waals surface area contributed by atoms with Crippen LogP contribution in [0.15, 0.2) is 53.9 Å². The average molecular weight is 391 g/mol. The summed E-state index contributed by atoms with van der Waals surface area (Å²) in [6, 6.07) is 13.6. The van der Waals surface area contributed by atoms with Crippen molar-refractivity contribution in [2.45, 2.75) is 19.1 Å². The maximum Gasteiger partial charge on any atom is 0.215 e. The number of sulfonamides is 1. The van der Waals surface area contributed by atoms with Crippen LogP contribution in [-0.2, 0) is 22.2 Å². The predicted octanol–water partition coefficient (Wildman–Crippen LogP) is 3.92. The molecule has 3 aromatic rings. The van der Waals surface area contributed by atoms with E-state index in [1.54, 1.807) is 12.1 Å². The number of thiazole rings is 1. The van der Waals surface area contributed by atoms with Gasteiger partial charge in [0, 0.05) is 23.9 Å². The Balaban J connectivity index is 1.56. The maximum absolute atomic E-state index is 13.0. The number of hydrogen-bond donors (Lipinski definition) is 1. The summed E-state index contributed by atoms with van der Waals surface area (Å²) in [5, 5.41) is 2.69. The minimum Gasteiger partial charge on any atom is -0.241 e. The lowest BCUT2D eigenvalue weighted by Crippen LogP contribution is -2.27. The molecule has 0 aliphatic rings. The second kappa shape index (κ2) is 8.07. The molecule has 0 unspecified atom stereocenters. The minimum atomic E-state index is -3.39. The van der Waals surface area contributed by atoms with Gasteiger partial charge in [-0.05, 0) is 42.3 Å². The van der Waals surface area contributed by atoms with E-state index in [1.807, 2.05) is 36.6 Å². The predicted molar refractivity (Wildman–Crippen MR) is 103 cm³/mol. The molecule has 0 amide bonds. The van der Waals surface area contributed by atoms with Crippen molar-refractivity contribution in [3.8, 4) is 10.6 Å². The number of nitrogens with one attached hydrogen (secondary N) is 1. The van der Waals surface area contributed by atoms with Crippen molar-refractivity contribution in [1.82, 2.24) is 9.71 Å². The summed E-state index contributed by atoms with van der Waals surface area (Å²) in [7, 11) is -3.39. The van der Waals surface area contributed by atoms with E-state index in [-0.39, 0.29) is 11.6 Å². The van der Waals surface area contributed by atoms with Crippen LogP contribution in [0.5, 0.6) is 0 Å². The van der Waals surface area contributed by atoms with E-state index in [1.165, 1.54) is 23.5 Å². The summed E-state index contributed by atoms with van der Waals surface area (Å²) in [6.45, 7) is 2.19. The molecule has 7 heteroatoms. The largest absolute Gasteiger partial charge is 0.241 e. The normalized spacial score (nSPS) is 11.6. The quantitative estimate of drug-likeness (QED) is 0.665. The van der Waals surface area contributed by atoms with E-state index in [0.717, 1.165) is 27.4 Å². The van der Waals surface area contributed by atoms with Crippen molar-refractivity contribution in [2.24, 2.45) is 0 Å². The molecule has 4 nitrogen and oxygen atoms in total. The summed E-state index contributed by atoms with van der Waals surface area (Å²) in [5.41, 5.74) is 3.42. The number of halogens is 1. The lowest BCUT2D eigenvalue weighted by molar-refractivity contribution is 0.580. The van der Waals surface area contributed by atoms with Crippen molar-refractivity contribution >= 4 is 21.4 Å². The molecule has 3 rings (SSSR count). The fraction of sp³-hybridized carbons (Fsp3) is 0.211. The fourth-order valence-electron chi connectivity index (χ4n) is 2.51. The SMILES string of the molecule is Cc1ccccc1CS(=O)(=O)NCCc1csc(-c2ccc(F)cc2)n1. The van der Waals surface area contributed by atoms with Crippen molar-refractivity contribution in [3.63, 3.8) is 0 Å². The molecule has 26 heavy (non-hydrogen) atoms. The van der Waals surface area contributed by atoms with Gasteiger partial charge in [0.15, 0.2) is 0 Å². The van der Waals surface area contributed by atoms with Crippen LogP contribution in [0.4, 0.5) is 4.39 Å². The standard InChI is InChI=1S/C19H19FN2O2S2/c1-14-4-2-3-5-16(14)13-26(23,24)21-11-10-18-12-25-19(22-18)15-6-8-17(20)9-7-15/h2-9,12,21H,10-11,13H2,1H3. The first-order chi connectivity index (χ1) is 12.4. The van der Waals surface area contributed by atoms with Crippen LogP contribution >= 0.6 is 11.3 Å². The molecule has 1 aromatic heterocycles. The molecule has 0 aliphatic carbocycles. The van der Waals surface area contributed by atoms with Gasteiger partial charge in [-0.3, -0.25) is 0 Å². The van der Waals surface area contributed by atoms with Gasteiger partial charge < -0.3 is 0 Å². The summed E-state index contributed by atoms with van der Waals surface area (Å²) in [4.78, 5) is 4.49. The molecular formula is C19H19FN2O2S2. The number of hydrogen-bond acceptors (Lipinski definition) is 4. The van der Waals surface area contributed by atoms with Crippen LogP contribution < -0.4 is 4.72 Å². The summed E-state index contributed by atoms with van der Waals surface area (Å²) in [6.07, 6.45) is 0.505. The van der Waals surface area contributed by atoms with Gasteiger partial charge in [0.25, 0.3) is 0 Å². The zero-order chi connectivity index (χ0) is 18.6. The lowest BCUT2D eigenvalue weighted by atomic mass is 10.1. The van der Waals surface area contributed by atoms with Gasteiger partial charge in [-0.25, -0.2) is 22.5 Å². The van der Waals surface area contributed by atoms with Crippen LogP contribution in [0.1, 0.15) is 16.8 Å². The third kappa shape index (κ3) is 4.97. The fourth-order valence-corrected chi connectivity index (χ4v) is 4.62. The Bertz CT molecular complexity index is 983. The number of aromatic nitrogens is 1. The molecule has 2 aromatic carbocycles. The van der Waals surface area contributed by atoms with Crippen LogP contribution in [0, 0.1) is 12.7 Å². The van der Waals surface area contributed by atoms with Crippen LogP contribution in [0.3, 0.4) is 0 Å². The Morgan fingerprint density at radius 3 is 2.58 bits per heavy atom. The topological polar surface area (TPSA) is 59.1 Å². The average Bonchev–Trinajstić information content (AvgIpc) is 3.06. The molecule has 0 aliphatic heterocycles. The van der Waals surface area contributed by atoms with Gasteiger partial charge in [-0.2, -0.15) is 0 Å². The smallest absolute Gasteiger partial charge is 0.215 e. The lowest BCUT2D eigenvalue weighted by Gasteiger charge is -2.08. The molecule has 0 spiro atoms. The van der Waals surface area contributed by atoms with E-state index in [4.69, 9.17) is 0 Å². The van der Waals surface area contributed by atoms with E-state index >= 15 is 0 Å². The monoisotopic (exact) mass is 390 g/mol. The summed E-state index contributed by atoms with van der Waals surface area (Å²) in [5.74, 6) is -0.314. The number of nitrogens with zero attached hydrogens (tertiary/aromatic N) is 1. The molecule has 0 saturated carbocycles. The van der Waals surface area contributed by atoms with Gasteiger partial charge in [-0.15, -0.1) is 11.3 Å². The van der Waals surface area contributed by atoms with E-state index in [9.17, 15) is 12.8 Å². The second-order valence-electron chi connectivity index (χ2n) is 5.98. The highest BCUT2D eigenvalue weighted by atomic mass is 32.2. The maximum atomic E-state index is 13.0. The third-order valence-corrected chi connectivity index (χ3v) is 6.23. The number of aryl methyl sites for hydroxylation is 1. The van der Waals surface area contributed by atoms with Crippen LogP contribution in [0.2, 0.25) is 0 Å². The highest BCUT2D eigenvalue weighted by Gasteiger charge is 2.13. The molecule has 0 atom stereocenters. The third-order valence-electron chi connectivity index (χ3n) is 3.95. The van der Waals surface area contributed by atoms with Gasteiger partial charge in [0.1, 0.15) is 10.8 Å². The summed E-state index contributed by atoms with van der Waals surface area (Å²) >= 11 is 1.46. The van der Waals surface area contributed by atoms with Gasteiger partial charge in [-0.1, -0.05) is 24.3 Å². The highest BCUT2D eigenvalue weighted by Crippen LogP contribution is 2.24. The first-order valence-electron chi connectivity index (χ1n) is 8.15. The zero-order valence-corrected chi connectivity index (χ0v) is 15.9.